The first-order valence-electron chi connectivity index (χ1n) is 5.00. The van der Waals surface area contributed by atoms with Gasteiger partial charge in [-0.3, -0.25) is 0 Å². The van der Waals surface area contributed by atoms with Crippen molar-refractivity contribution in [3.05, 3.63) is 29.8 Å². The van der Waals surface area contributed by atoms with E-state index in [9.17, 15) is 8.42 Å². The molecule has 1 aromatic rings. The summed E-state index contributed by atoms with van der Waals surface area (Å²) in [5.41, 5.74) is 7.00. The molecule has 0 spiro atoms. The minimum Gasteiger partial charge on any atom is -0.399 e. The number of nitrogen functional groups attached to an aromatic ring is 1. The molecule has 0 aliphatic heterocycles. The summed E-state index contributed by atoms with van der Waals surface area (Å²) in [5.74, 6) is 0.106. The molecular formula is C11H15NO2S. The Labute approximate surface area is 90.2 Å². The monoisotopic (exact) mass is 225 g/mol. The summed E-state index contributed by atoms with van der Waals surface area (Å²) in [6.07, 6.45) is 1.58. The van der Waals surface area contributed by atoms with Crippen LogP contribution in [-0.2, 0) is 15.6 Å². The highest BCUT2D eigenvalue weighted by molar-refractivity contribution is 7.92. The molecule has 0 bridgehead atoms. The van der Waals surface area contributed by atoms with Gasteiger partial charge < -0.3 is 5.73 Å². The SMILES string of the molecule is CC1(S(=O)(=O)Cc2cccc(N)c2)CC1. The molecule has 0 amide bonds. The quantitative estimate of drug-likeness (QED) is 0.797. The van der Waals surface area contributed by atoms with Crippen LogP contribution in [0.25, 0.3) is 0 Å². The smallest absolute Gasteiger partial charge is 0.159 e. The summed E-state index contributed by atoms with van der Waals surface area (Å²) in [6, 6.07) is 7.08. The van der Waals surface area contributed by atoms with E-state index in [1.165, 1.54) is 0 Å². The van der Waals surface area contributed by atoms with Gasteiger partial charge in [0.05, 0.1) is 10.5 Å². The third kappa shape index (κ3) is 2.00. The Balaban J connectivity index is 2.22. The van der Waals surface area contributed by atoms with Gasteiger partial charge in [0.1, 0.15) is 0 Å². The Morgan fingerprint density at radius 1 is 1.40 bits per heavy atom. The van der Waals surface area contributed by atoms with Crippen LogP contribution in [-0.4, -0.2) is 13.2 Å². The van der Waals surface area contributed by atoms with Crippen molar-refractivity contribution >= 4 is 15.5 Å². The first-order chi connectivity index (χ1) is 6.93. The number of hydrogen-bond donors (Lipinski definition) is 1. The van der Waals surface area contributed by atoms with Crippen molar-refractivity contribution in [2.45, 2.75) is 30.3 Å². The summed E-state index contributed by atoms with van der Waals surface area (Å²) >= 11 is 0. The number of rotatable bonds is 3. The predicted molar refractivity (Wildman–Crippen MR) is 61.1 cm³/mol. The number of hydrogen-bond acceptors (Lipinski definition) is 3. The van der Waals surface area contributed by atoms with E-state index in [1.54, 1.807) is 24.3 Å². The number of anilines is 1. The molecule has 82 valence electrons. The second-order valence-electron chi connectivity index (χ2n) is 4.45. The third-order valence-corrected chi connectivity index (χ3v) is 5.64. The van der Waals surface area contributed by atoms with E-state index in [1.807, 2.05) is 6.92 Å². The van der Waals surface area contributed by atoms with Gasteiger partial charge in [0, 0.05) is 5.69 Å². The average Bonchev–Trinajstić information content (AvgIpc) is 2.84. The normalized spacial score (nSPS) is 18.7. The maximum Gasteiger partial charge on any atom is 0.159 e. The molecule has 1 saturated carbocycles. The van der Waals surface area contributed by atoms with E-state index in [-0.39, 0.29) is 5.75 Å². The van der Waals surface area contributed by atoms with Crippen molar-refractivity contribution in [3.63, 3.8) is 0 Å². The van der Waals surface area contributed by atoms with E-state index in [2.05, 4.69) is 0 Å². The van der Waals surface area contributed by atoms with Crippen molar-refractivity contribution in [3.8, 4) is 0 Å². The Hall–Kier alpha value is -1.03. The van der Waals surface area contributed by atoms with Crippen molar-refractivity contribution in [2.75, 3.05) is 5.73 Å². The second kappa shape index (κ2) is 3.23. The maximum atomic E-state index is 12.0. The zero-order chi connectivity index (χ0) is 11.1. The van der Waals surface area contributed by atoms with Gasteiger partial charge in [0.15, 0.2) is 9.84 Å². The Kier molecular flexibility index (Phi) is 2.26. The fourth-order valence-corrected chi connectivity index (χ4v) is 3.25. The van der Waals surface area contributed by atoms with E-state index < -0.39 is 14.6 Å². The van der Waals surface area contributed by atoms with Crippen LogP contribution < -0.4 is 5.73 Å². The van der Waals surface area contributed by atoms with E-state index in [0.717, 1.165) is 18.4 Å². The van der Waals surface area contributed by atoms with Gasteiger partial charge in [0.25, 0.3) is 0 Å². The fourth-order valence-electron chi connectivity index (χ4n) is 1.56. The summed E-state index contributed by atoms with van der Waals surface area (Å²) in [7, 11) is -3.01. The first kappa shape index (κ1) is 10.5. The molecule has 1 aliphatic rings. The number of benzene rings is 1. The summed E-state index contributed by atoms with van der Waals surface area (Å²) < 4.78 is 23.4. The Bertz CT molecular complexity index is 475. The largest absolute Gasteiger partial charge is 0.399 e. The molecule has 0 aromatic heterocycles. The van der Waals surface area contributed by atoms with Crippen molar-refractivity contribution in [2.24, 2.45) is 0 Å². The van der Waals surface area contributed by atoms with Crippen LogP contribution in [0.5, 0.6) is 0 Å². The van der Waals surface area contributed by atoms with Crippen LogP contribution >= 0.6 is 0 Å². The van der Waals surface area contributed by atoms with Crippen molar-refractivity contribution < 1.29 is 8.42 Å². The molecule has 1 aromatic carbocycles. The molecule has 0 heterocycles. The molecule has 0 saturated heterocycles. The van der Waals surface area contributed by atoms with Crippen LogP contribution in [0, 0.1) is 0 Å². The molecule has 0 atom stereocenters. The highest BCUT2D eigenvalue weighted by Crippen LogP contribution is 2.44. The molecule has 1 aliphatic carbocycles. The summed E-state index contributed by atoms with van der Waals surface area (Å²) in [6.45, 7) is 1.81. The van der Waals surface area contributed by atoms with Gasteiger partial charge in [-0.2, -0.15) is 0 Å². The molecule has 0 radical (unpaired) electrons. The topological polar surface area (TPSA) is 60.2 Å². The molecule has 3 nitrogen and oxygen atoms in total. The van der Waals surface area contributed by atoms with Crippen LogP contribution in [0.2, 0.25) is 0 Å². The van der Waals surface area contributed by atoms with Gasteiger partial charge in [-0.25, -0.2) is 8.42 Å². The summed E-state index contributed by atoms with van der Waals surface area (Å²) in [4.78, 5) is 0. The Morgan fingerprint density at radius 3 is 2.60 bits per heavy atom. The van der Waals surface area contributed by atoms with Gasteiger partial charge in [0.2, 0.25) is 0 Å². The lowest BCUT2D eigenvalue weighted by atomic mass is 10.2. The number of nitrogens with two attached hydrogens (primary N) is 1. The van der Waals surface area contributed by atoms with Crippen LogP contribution in [0.15, 0.2) is 24.3 Å². The Morgan fingerprint density at radius 2 is 2.07 bits per heavy atom. The summed E-state index contributed by atoms with van der Waals surface area (Å²) in [5, 5.41) is 0. The predicted octanol–water partition coefficient (Wildman–Crippen LogP) is 1.74. The molecule has 4 heteroatoms. The molecule has 1 fully saturated rings. The lowest BCUT2D eigenvalue weighted by Crippen LogP contribution is -2.20. The highest BCUT2D eigenvalue weighted by atomic mass is 32.2. The van der Waals surface area contributed by atoms with Crippen molar-refractivity contribution in [1.29, 1.82) is 0 Å². The standard InChI is InChI=1S/C11H15NO2S/c1-11(5-6-11)15(13,14)8-9-3-2-4-10(12)7-9/h2-4,7H,5-6,8,12H2,1H3. The lowest BCUT2D eigenvalue weighted by Gasteiger charge is -2.10. The van der Waals surface area contributed by atoms with Crippen LogP contribution in [0.4, 0.5) is 5.69 Å². The molecule has 2 N–H and O–H groups in total. The maximum absolute atomic E-state index is 12.0. The van der Waals surface area contributed by atoms with Gasteiger partial charge in [-0.1, -0.05) is 12.1 Å². The molecule has 0 unspecified atom stereocenters. The fraction of sp³-hybridized carbons (Fsp3) is 0.455. The van der Waals surface area contributed by atoms with E-state index >= 15 is 0 Å². The van der Waals surface area contributed by atoms with Crippen LogP contribution in [0.3, 0.4) is 0 Å². The minimum atomic E-state index is -3.01. The molecular weight excluding hydrogens is 210 g/mol. The molecule has 2 rings (SSSR count). The zero-order valence-corrected chi connectivity index (χ0v) is 9.55. The molecule has 15 heavy (non-hydrogen) atoms. The van der Waals surface area contributed by atoms with Gasteiger partial charge in [-0.05, 0) is 37.5 Å². The highest BCUT2D eigenvalue weighted by Gasteiger charge is 2.49. The lowest BCUT2D eigenvalue weighted by molar-refractivity contribution is 0.581. The van der Waals surface area contributed by atoms with E-state index in [0.29, 0.717) is 5.69 Å². The van der Waals surface area contributed by atoms with Gasteiger partial charge in [-0.15, -0.1) is 0 Å². The van der Waals surface area contributed by atoms with Crippen LogP contribution in [0.1, 0.15) is 25.3 Å². The number of sulfone groups is 1. The zero-order valence-electron chi connectivity index (χ0n) is 8.73. The first-order valence-corrected chi connectivity index (χ1v) is 6.65. The van der Waals surface area contributed by atoms with Gasteiger partial charge >= 0.3 is 0 Å². The average molecular weight is 225 g/mol. The van der Waals surface area contributed by atoms with Crippen molar-refractivity contribution in [1.82, 2.24) is 0 Å². The van der Waals surface area contributed by atoms with E-state index in [4.69, 9.17) is 5.73 Å². The second-order valence-corrected chi connectivity index (χ2v) is 6.96. The third-order valence-electron chi connectivity index (χ3n) is 3.01. The minimum absolute atomic E-state index is 0.106.